The van der Waals surface area contributed by atoms with Crippen LogP contribution in [0.5, 0.6) is 5.75 Å². The minimum absolute atomic E-state index is 0.279. The van der Waals surface area contributed by atoms with Gasteiger partial charge in [-0.1, -0.05) is 38.1 Å². The molecule has 0 saturated heterocycles. The van der Waals surface area contributed by atoms with Crippen LogP contribution in [0.4, 0.5) is 5.69 Å². The molecule has 2 rings (SSSR count). The van der Waals surface area contributed by atoms with Crippen LogP contribution in [-0.4, -0.2) is 37.5 Å². The summed E-state index contributed by atoms with van der Waals surface area (Å²) in [5, 5.41) is 5.40. The first-order valence-electron chi connectivity index (χ1n) is 9.37. The highest BCUT2D eigenvalue weighted by atomic mass is 16.6. The van der Waals surface area contributed by atoms with E-state index in [1.807, 2.05) is 32.9 Å². The van der Waals surface area contributed by atoms with E-state index in [0.29, 0.717) is 29.5 Å². The molecule has 0 saturated carbocycles. The maximum absolute atomic E-state index is 12.3. The Labute approximate surface area is 170 Å². The van der Waals surface area contributed by atoms with Gasteiger partial charge in [0.05, 0.1) is 11.3 Å². The topological polar surface area (TPSA) is 93.7 Å². The molecule has 0 radical (unpaired) electrons. The Morgan fingerprint density at radius 3 is 2.48 bits per heavy atom. The summed E-state index contributed by atoms with van der Waals surface area (Å²) in [6.07, 6.45) is 0. The van der Waals surface area contributed by atoms with Gasteiger partial charge < -0.3 is 20.1 Å². The van der Waals surface area contributed by atoms with Gasteiger partial charge in [-0.3, -0.25) is 9.59 Å². The number of aryl methyl sites for hydroxylation is 1. The molecule has 2 N–H and O–H groups in total. The van der Waals surface area contributed by atoms with Gasteiger partial charge in [0.25, 0.3) is 11.8 Å². The number of carbonyl (C=O) groups excluding carboxylic acids is 3. The van der Waals surface area contributed by atoms with Gasteiger partial charge in [0.2, 0.25) is 0 Å². The van der Waals surface area contributed by atoms with Gasteiger partial charge in [0.15, 0.2) is 13.2 Å². The maximum atomic E-state index is 12.3. The summed E-state index contributed by atoms with van der Waals surface area (Å²) in [6, 6.07) is 13.9. The molecule has 0 aliphatic rings. The summed E-state index contributed by atoms with van der Waals surface area (Å²) < 4.78 is 10.3. The van der Waals surface area contributed by atoms with E-state index in [2.05, 4.69) is 10.6 Å². The number of hydrogen-bond donors (Lipinski definition) is 2. The third-order valence-electron chi connectivity index (χ3n) is 3.83. The summed E-state index contributed by atoms with van der Waals surface area (Å²) in [7, 11) is 0. The highest BCUT2D eigenvalue weighted by molar-refractivity contribution is 6.04. The number of esters is 1. The van der Waals surface area contributed by atoms with Gasteiger partial charge in [-0.2, -0.15) is 0 Å². The van der Waals surface area contributed by atoms with E-state index in [0.717, 1.165) is 5.56 Å². The molecule has 0 spiro atoms. The molecule has 7 nitrogen and oxygen atoms in total. The molecule has 0 aromatic heterocycles. The molecule has 2 amide bonds. The Bertz CT molecular complexity index is 864. The number of nitrogens with one attached hydrogen (secondary N) is 2. The number of ether oxygens (including phenoxy) is 2. The van der Waals surface area contributed by atoms with E-state index in [1.165, 1.54) is 0 Å². The average Bonchev–Trinajstić information content (AvgIpc) is 2.69. The molecule has 0 bridgehead atoms. The van der Waals surface area contributed by atoms with E-state index in [9.17, 15) is 14.4 Å². The predicted octanol–water partition coefficient (Wildman–Crippen LogP) is 2.94. The van der Waals surface area contributed by atoms with E-state index in [1.54, 1.807) is 36.4 Å². The lowest BCUT2D eigenvalue weighted by molar-refractivity contribution is -0.149. The summed E-state index contributed by atoms with van der Waals surface area (Å²) in [5.41, 5.74) is 1.70. The fourth-order valence-corrected chi connectivity index (χ4v) is 2.40. The van der Waals surface area contributed by atoms with E-state index < -0.39 is 18.5 Å². The van der Waals surface area contributed by atoms with Gasteiger partial charge in [0, 0.05) is 6.54 Å². The van der Waals surface area contributed by atoms with Crippen LogP contribution in [0, 0.1) is 12.8 Å². The van der Waals surface area contributed by atoms with Crippen molar-refractivity contribution in [3.8, 4) is 5.75 Å². The molecular weight excluding hydrogens is 372 g/mol. The van der Waals surface area contributed by atoms with Crippen LogP contribution >= 0.6 is 0 Å². The van der Waals surface area contributed by atoms with Crippen molar-refractivity contribution in [3.63, 3.8) is 0 Å². The Hall–Kier alpha value is -3.35. The van der Waals surface area contributed by atoms with Crippen LogP contribution in [0.1, 0.15) is 29.8 Å². The van der Waals surface area contributed by atoms with Gasteiger partial charge in [0.1, 0.15) is 5.75 Å². The molecule has 0 fully saturated rings. The Morgan fingerprint density at radius 1 is 1.00 bits per heavy atom. The van der Waals surface area contributed by atoms with Crippen molar-refractivity contribution in [3.05, 3.63) is 59.7 Å². The van der Waals surface area contributed by atoms with Crippen LogP contribution < -0.4 is 15.4 Å². The Kier molecular flexibility index (Phi) is 8.21. The minimum Gasteiger partial charge on any atom is -0.482 e. The normalized spacial score (nSPS) is 10.3. The predicted molar refractivity (Wildman–Crippen MR) is 110 cm³/mol. The summed E-state index contributed by atoms with van der Waals surface area (Å²) >= 11 is 0. The van der Waals surface area contributed by atoms with Crippen molar-refractivity contribution in [2.45, 2.75) is 20.8 Å². The molecule has 0 heterocycles. The van der Waals surface area contributed by atoms with Gasteiger partial charge in [-0.05, 0) is 42.7 Å². The second-order valence-corrected chi connectivity index (χ2v) is 6.96. The minimum atomic E-state index is -0.662. The smallest absolute Gasteiger partial charge is 0.344 e. The second-order valence-electron chi connectivity index (χ2n) is 6.96. The molecular formula is C22H26N2O5. The average molecular weight is 398 g/mol. The number of rotatable bonds is 9. The zero-order chi connectivity index (χ0) is 21.2. The molecule has 29 heavy (non-hydrogen) atoms. The van der Waals surface area contributed by atoms with Crippen molar-refractivity contribution in [1.82, 2.24) is 5.32 Å². The van der Waals surface area contributed by atoms with Crippen molar-refractivity contribution in [1.29, 1.82) is 0 Å². The number of amides is 2. The maximum Gasteiger partial charge on any atom is 0.344 e. The lowest BCUT2D eigenvalue weighted by Crippen LogP contribution is -2.29. The first-order valence-corrected chi connectivity index (χ1v) is 9.37. The van der Waals surface area contributed by atoms with Crippen LogP contribution in [-0.2, 0) is 14.3 Å². The van der Waals surface area contributed by atoms with Crippen molar-refractivity contribution in [2.24, 2.45) is 5.92 Å². The number of anilines is 1. The summed E-state index contributed by atoms with van der Waals surface area (Å²) in [6.45, 7) is 5.65. The molecule has 2 aromatic carbocycles. The lowest BCUT2D eigenvalue weighted by Gasteiger charge is -2.13. The number of hydrogen-bond acceptors (Lipinski definition) is 5. The molecule has 0 aliphatic carbocycles. The largest absolute Gasteiger partial charge is 0.482 e. The molecule has 7 heteroatoms. The second kappa shape index (κ2) is 10.8. The van der Waals surface area contributed by atoms with Crippen molar-refractivity contribution < 1.29 is 23.9 Å². The fraction of sp³-hybridized carbons (Fsp3) is 0.318. The molecule has 154 valence electrons. The lowest BCUT2D eigenvalue weighted by atomic mass is 10.1. The zero-order valence-corrected chi connectivity index (χ0v) is 16.9. The van der Waals surface area contributed by atoms with Crippen molar-refractivity contribution >= 4 is 23.5 Å². The van der Waals surface area contributed by atoms with Gasteiger partial charge >= 0.3 is 5.97 Å². The SMILES string of the molecule is Cc1cccc(OCC(=O)OCC(=O)Nc2ccccc2C(=O)NCC(C)C)c1. The van der Waals surface area contributed by atoms with Gasteiger partial charge in [-0.15, -0.1) is 0 Å². The number of carbonyl (C=O) groups is 3. The fourth-order valence-electron chi connectivity index (χ4n) is 2.40. The Balaban J connectivity index is 1.83. The molecule has 0 unspecified atom stereocenters. The van der Waals surface area contributed by atoms with E-state index in [4.69, 9.17) is 9.47 Å². The summed E-state index contributed by atoms with van der Waals surface area (Å²) in [4.78, 5) is 36.2. The highest BCUT2D eigenvalue weighted by Gasteiger charge is 2.14. The summed E-state index contributed by atoms with van der Waals surface area (Å²) in [5.74, 6) is -0.629. The van der Waals surface area contributed by atoms with Crippen LogP contribution in [0.25, 0.3) is 0 Å². The van der Waals surface area contributed by atoms with Crippen molar-refractivity contribution in [2.75, 3.05) is 25.1 Å². The highest BCUT2D eigenvalue weighted by Crippen LogP contribution is 2.15. The van der Waals surface area contributed by atoms with E-state index in [-0.39, 0.29) is 12.5 Å². The quantitative estimate of drug-likeness (QED) is 0.634. The first-order chi connectivity index (χ1) is 13.8. The van der Waals surface area contributed by atoms with E-state index >= 15 is 0 Å². The monoisotopic (exact) mass is 398 g/mol. The zero-order valence-electron chi connectivity index (χ0n) is 16.9. The van der Waals surface area contributed by atoms with Crippen LogP contribution in [0.3, 0.4) is 0 Å². The van der Waals surface area contributed by atoms with Crippen LogP contribution in [0.15, 0.2) is 48.5 Å². The third-order valence-corrected chi connectivity index (χ3v) is 3.83. The molecule has 2 aromatic rings. The number of para-hydroxylation sites is 1. The molecule has 0 atom stereocenters. The van der Waals surface area contributed by atoms with Crippen LogP contribution in [0.2, 0.25) is 0 Å². The Morgan fingerprint density at radius 2 is 1.76 bits per heavy atom. The third kappa shape index (κ3) is 7.65. The standard InChI is InChI=1S/C22H26N2O5/c1-15(2)12-23-22(27)18-9-4-5-10-19(18)24-20(25)13-29-21(26)14-28-17-8-6-7-16(3)11-17/h4-11,15H,12-14H2,1-3H3,(H,23,27)(H,24,25). The number of benzene rings is 2. The van der Waals surface area contributed by atoms with Gasteiger partial charge in [-0.25, -0.2) is 4.79 Å². The molecule has 0 aliphatic heterocycles. The first kappa shape index (κ1) is 21.9.